The Labute approximate surface area is 145 Å². The minimum Gasteiger partial charge on any atom is -0.381 e. The third-order valence-corrected chi connectivity index (χ3v) is 4.17. The predicted molar refractivity (Wildman–Crippen MR) is 96.5 cm³/mol. The number of rotatable bonds is 10. The summed E-state index contributed by atoms with van der Waals surface area (Å²) < 4.78 is 5.67. The lowest BCUT2D eigenvalue weighted by Gasteiger charge is -2.34. The molecule has 0 atom stereocenters. The largest absolute Gasteiger partial charge is 0.381 e. The second-order valence-corrected chi connectivity index (χ2v) is 6.26. The number of nitrogens with one attached hydrogen (secondary N) is 1. The van der Waals surface area contributed by atoms with Crippen LogP contribution < -0.4 is 10.2 Å². The van der Waals surface area contributed by atoms with Gasteiger partial charge in [0.05, 0.1) is 0 Å². The average Bonchev–Trinajstić information content (AvgIpc) is 2.59. The van der Waals surface area contributed by atoms with Crippen LogP contribution in [0.4, 0.5) is 5.95 Å². The Kier molecular flexibility index (Phi) is 8.67. The monoisotopic (exact) mass is 339 g/mol. The van der Waals surface area contributed by atoms with Crippen molar-refractivity contribution >= 4 is 18.6 Å². The van der Waals surface area contributed by atoms with Gasteiger partial charge in [0.15, 0.2) is 0 Å². The lowest BCUT2D eigenvalue weighted by Crippen LogP contribution is -2.47. The Bertz CT molecular complexity index is 423. The van der Waals surface area contributed by atoms with Crippen LogP contribution >= 0.6 is 12.6 Å². The van der Waals surface area contributed by atoms with Crippen LogP contribution in [0.2, 0.25) is 0 Å². The molecule has 1 aromatic heterocycles. The number of hydrogen-bond acceptors (Lipinski definition) is 7. The fourth-order valence-electron chi connectivity index (χ4n) is 2.62. The minimum atomic E-state index is 0.804. The molecule has 0 aromatic carbocycles. The van der Waals surface area contributed by atoms with Gasteiger partial charge in [-0.15, -0.1) is 12.6 Å². The van der Waals surface area contributed by atoms with E-state index >= 15 is 0 Å². The standard InChI is InChI=1S/C16H29N5OS/c1-2-17-5-3-11-22-12-4-6-20-7-9-21(10-8-20)16-18-13-15(23)14-19-16/h13-14,17,23H,2-12H2,1H3. The van der Waals surface area contributed by atoms with Gasteiger partial charge in [0.25, 0.3) is 0 Å². The number of hydrogen-bond donors (Lipinski definition) is 2. The highest BCUT2D eigenvalue weighted by molar-refractivity contribution is 7.80. The van der Waals surface area contributed by atoms with Crippen molar-refractivity contribution in [2.75, 3.05) is 63.9 Å². The summed E-state index contributed by atoms with van der Waals surface area (Å²) in [5, 5.41) is 3.30. The van der Waals surface area contributed by atoms with Crippen LogP contribution in [0.1, 0.15) is 19.8 Å². The minimum absolute atomic E-state index is 0.804. The van der Waals surface area contributed by atoms with E-state index in [1.54, 1.807) is 12.4 Å². The molecule has 130 valence electrons. The van der Waals surface area contributed by atoms with Gasteiger partial charge in [-0.3, -0.25) is 4.90 Å². The number of nitrogens with zero attached hydrogens (tertiary/aromatic N) is 4. The fraction of sp³-hybridized carbons (Fsp3) is 0.750. The van der Waals surface area contributed by atoms with Crippen molar-refractivity contribution in [2.24, 2.45) is 0 Å². The summed E-state index contributed by atoms with van der Waals surface area (Å²) in [5.74, 6) is 0.812. The van der Waals surface area contributed by atoms with E-state index in [0.717, 1.165) is 82.7 Å². The van der Waals surface area contributed by atoms with Crippen molar-refractivity contribution in [1.82, 2.24) is 20.2 Å². The van der Waals surface area contributed by atoms with Crippen LogP contribution in [0.5, 0.6) is 0 Å². The summed E-state index contributed by atoms with van der Waals surface area (Å²) in [5.41, 5.74) is 0. The Morgan fingerprint density at radius 3 is 2.52 bits per heavy atom. The Morgan fingerprint density at radius 2 is 1.83 bits per heavy atom. The average molecular weight is 340 g/mol. The molecule has 23 heavy (non-hydrogen) atoms. The molecule has 0 aliphatic carbocycles. The number of piperazine rings is 1. The molecule has 1 aliphatic heterocycles. The highest BCUT2D eigenvalue weighted by atomic mass is 32.1. The normalized spacial score (nSPS) is 16.0. The maximum Gasteiger partial charge on any atom is 0.225 e. The van der Waals surface area contributed by atoms with Crippen LogP contribution in [-0.4, -0.2) is 73.9 Å². The van der Waals surface area contributed by atoms with Gasteiger partial charge in [-0.05, 0) is 25.9 Å². The van der Waals surface area contributed by atoms with Crippen molar-refractivity contribution in [3.63, 3.8) is 0 Å². The molecule has 1 N–H and O–H groups in total. The van der Waals surface area contributed by atoms with Gasteiger partial charge in [-0.2, -0.15) is 0 Å². The third-order valence-electron chi connectivity index (χ3n) is 3.93. The summed E-state index contributed by atoms with van der Waals surface area (Å²) in [6.07, 6.45) is 5.71. The summed E-state index contributed by atoms with van der Waals surface area (Å²) in [7, 11) is 0. The Balaban J connectivity index is 1.52. The van der Waals surface area contributed by atoms with E-state index in [1.165, 1.54) is 0 Å². The number of thiol groups is 1. The number of ether oxygens (including phenoxy) is 1. The second kappa shape index (κ2) is 10.8. The molecule has 0 saturated carbocycles. The fourth-order valence-corrected chi connectivity index (χ4v) is 2.73. The SMILES string of the molecule is CCNCCCOCCCN1CCN(c2ncc(S)cn2)CC1. The summed E-state index contributed by atoms with van der Waals surface area (Å²) in [4.78, 5) is 14.2. The van der Waals surface area contributed by atoms with Crippen LogP contribution in [0.3, 0.4) is 0 Å². The maximum atomic E-state index is 5.67. The Hall–Kier alpha value is -0.890. The molecule has 0 unspecified atom stereocenters. The van der Waals surface area contributed by atoms with Crippen molar-refractivity contribution in [3.8, 4) is 0 Å². The molecule has 0 bridgehead atoms. The molecule has 1 aromatic rings. The summed E-state index contributed by atoms with van der Waals surface area (Å²) >= 11 is 4.22. The van der Waals surface area contributed by atoms with Gasteiger partial charge >= 0.3 is 0 Å². The van der Waals surface area contributed by atoms with Gasteiger partial charge in [0.2, 0.25) is 5.95 Å². The summed E-state index contributed by atoms with van der Waals surface area (Å²) in [6, 6.07) is 0. The summed E-state index contributed by atoms with van der Waals surface area (Å²) in [6.45, 7) is 11.1. The first-order valence-corrected chi connectivity index (χ1v) is 9.01. The molecule has 0 spiro atoms. The molecular weight excluding hydrogens is 310 g/mol. The van der Waals surface area contributed by atoms with Crippen molar-refractivity contribution < 1.29 is 4.74 Å². The highest BCUT2D eigenvalue weighted by Gasteiger charge is 2.18. The highest BCUT2D eigenvalue weighted by Crippen LogP contribution is 2.12. The van der Waals surface area contributed by atoms with Gasteiger partial charge in [-0.1, -0.05) is 6.92 Å². The lowest BCUT2D eigenvalue weighted by atomic mass is 10.3. The van der Waals surface area contributed by atoms with Gasteiger partial charge in [0.1, 0.15) is 0 Å². The molecule has 1 aliphatic rings. The van der Waals surface area contributed by atoms with E-state index < -0.39 is 0 Å². The van der Waals surface area contributed by atoms with E-state index in [0.29, 0.717) is 0 Å². The predicted octanol–water partition coefficient (Wildman–Crippen LogP) is 1.29. The first-order valence-electron chi connectivity index (χ1n) is 8.56. The smallest absolute Gasteiger partial charge is 0.225 e. The zero-order valence-electron chi connectivity index (χ0n) is 14.1. The molecule has 2 heterocycles. The van der Waals surface area contributed by atoms with Crippen LogP contribution in [0.25, 0.3) is 0 Å². The molecular formula is C16H29N5OS. The molecule has 6 nitrogen and oxygen atoms in total. The zero-order chi connectivity index (χ0) is 16.3. The van der Waals surface area contributed by atoms with Gasteiger partial charge in [0, 0.05) is 63.2 Å². The van der Waals surface area contributed by atoms with Crippen molar-refractivity contribution in [3.05, 3.63) is 12.4 Å². The molecule has 2 rings (SSSR count). The molecule has 0 radical (unpaired) electrons. The first kappa shape index (κ1) is 18.4. The quantitative estimate of drug-likeness (QED) is 0.495. The van der Waals surface area contributed by atoms with Gasteiger partial charge in [-0.25, -0.2) is 9.97 Å². The number of anilines is 1. The van der Waals surface area contributed by atoms with E-state index in [1.807, 2.05) is 0 Å². The first-order chi connectivity index (χ1) is 11.3. The Morgan fingerprint density at radius 1 is 1.13 bits per heavy atom. The van der Waals surface area contributed by atoms with E-state index in [-0.39, 0.29) is 0 Å². The van der Waals surface area contributed by atoms with Crippen molar-refractivity contribution in [2.45, 2.75) is 24.7 Å². The van der Waals surface area contributed by atoms with Crippen molar-refractivity contribution in [1.29, 1.82) is 0 Å². The topological polar surface area (TPSA) is 53.5 Å². The third kappa shape index (κ3) is 7.03. The molecule has 7 heteroatoms. The molecule has 1 fully saturated rings. The number of aromatic nitrogens is 2. The van der Waals surface area contributed by atoms with E-state index in [9.17, 15) is 0 Å². The van der Waals surface area contributed by atoms with Gasteiger partial charge < -0.3 is 15.0 Å². The second-order valence-electron chi connectivity index (χ2n) is 5.74. The molecule has 0 amide bonds. The van der Waals surface area contributed by atoms with Crippen LogP contribution in [-0.2, 0) is 4.74 Å². The van der Waals surface area contributed by atoms with Crippen LogP contribution in [0, 0.1) is 0 Å². The van der Waals surface area contributed by atoms with E-state index in [2.05, 4.69) is 44.6 Å². The maximum absolute atomic E-state index is 5.67. The van der Waals surface area contributed by atoms with E-state index in [4.69, 9.17) is 4.74 Å². The van der Waals surface area contributed by atoms with Crippen LogP contribution in [0.15, 0.2) is 17.3 Å². The zero-order valence-corrected chi connectivity index (χ0v) is 15.0. The molecule has 1 saturated heterocycles. The lowest BCUT2D eigenvalue weighted by molar-refractivity contribution is 0.117.